The van der Waals surface area contributed by atoms with Gasteiger partial charge in [0.2, 0.25) is 0 Å². The first-order valence-corrected chi connectivity index (χ1v) is 2.63. The molecule has 0 heterocycles. The van der Waals surface area contributed by atoms with Crippen molar-refractivity contribution >= 4 is 0 Å². The van der Waals surface area contributed by atoms with E-state index >= 15 is 0 Å². The van der Waals surface area contributed by atoms with Gasteiger partial charge in [-0.05, 0) is 0 Å². The first kappa shape index (κ1) is 16.2. The molecule has 0 aliphatic carbocycles. The second-order valence-corrected chi connectivity index (χ2v) is 1.15. The van der Waals surface area contributed by atoms with E-state index in [1.807, 2.05) is 0 Å². The molecule has 0 aromatic heterocycles. The van der Waals surface area contributed by atoms with Crippen LogP contribution in [0, 0.1) is 0 Å². The van der Waals surface area contributed by atoms with Gasteiger partial charge in [-0.15, -0.1) is 0 Å². The molecule has 0 radical (unpaired) electrons. The Kier molecular flexibility index (Phi) is 42.7. The number of nitrogens with two attached hydrogens (primary N) is 4. The van der Waals surface area contributed by atoms with Gasteiger partial charge in [-0.3, -0.25) is 0 Å². The Morgan fingerprint density at radius 3 is 0.667 bits per heavy atom. The van der Waals surface area contributed by atoms with Crippen LogP contribution in [0.1, 0.15) is 0 Å². The molecule has 0 aromatic rings. The summed E-state index contributed by atoms with van der Waals surface area (Å²) in [5.41, 5.74) is 19.6. The van der Waals surface area contributed by atoms with Crippen LogP contribution in [0.4, 0.5) is 0 Å². The Labute approximate surface area is 69.1 Å². The van der Waals surface area contributed by atoms with Gasteiger partial charge in [-0.2, -0.15) is 0 Å². The minimum atomic E-state index is 0. The van der Waals surface area contributed by atoms with Gasteiger partial charge >= 0.3 is 19.5 Å². The normalized spacial score (nSPS) is 6.67. The minimum Gasteiger partial charge on any atom is -0.329 e. The van der Waals surface area contributed by atoms with E-state index in [2.05, 4.69) is 0 Å². The first-order valence-electron chi connectivity index (χ1n) is 2.63. The van der Waals surface area contributed by atoms with Gasteiger partial charge in [0.05, 0.1) is 0 Å². The van der Waals surface area contributed by atoms with Crippen LogP contribution in [0.2, 0.25) is 0 Å². The maximum atomic E-state index is 4.90. The molecule has 0 saturated carbocycles. The first-order chi connectivity index (χ1) is 3.83. The van der Waals surface area contributed by atoms with Crippen molar-refractivity contribution in [2.45, 2.75) is 0 Å². The van der Waals surface area contributed by atoms with Gasteiger partial charge in [0.15, 0.2) is 0 Å². The summed E-state index contributed by atoms with van der Waals surface area (Å²) in [6, 6.07) is 0. The van der Waals surface area contributed by atoms with Gasteiger partial charge < -0.3 is 22.9 Å². The Balaban J connectivity index is -0.0000000720. The molecule has 8 N–H and O–H groups in total. The molecule has 4 nitrogen and oxygen atoms in total. The Hall–Kier alpha value is 0.463. The molecule has 0 aliphatic rings. The summed E-state index contributed by atoms with van der Waals surface area (Å²) in [6.45, 7) is 2.39. The Morgan fingerprint density at radius 1 is 0.556 bits per heavy atom. The fourth-order valence-electron chi connectivity index (χ4n) is 0. The van der Waals surface area contributed by atoms with E-state index in [1.165, 1.54) is 0 Å². The summed E-state index contributed by atoms with van der Waals surface area (Å²) in [5, 5.41) is 0. The number of hydrogen-bond donors (Lipinski definition) is 4. The van der Waals surface area contributed by atoms with E-state index in [-0.39, 0.29) is 19.5 Å². The van der Waals surface area contributed by atoms with Crippen molar-refractivity contribution in [3.8, 4) is 0 Å². The molecular formula is C4H16N4Zn+2. The summed E-state index contributed by atoms with van der Waals surface area (Å²) in [4.78, 5) is 0. The van der Waals surface area contributed by atoms with Gasteiger partial charge in [-0.25, -0.2) is 0 Å². The van der Waals surface area contributed by atoms with Crippen LogP contribution in [0.15, 0.2) is 0 Å². The third-order valence-electron chi connectivity index (χ3n) is 0.333. The van der Waals surface area contributed by atoms with Crippen molar-refractivity contribution in [1.82, 2.24) is 0 Å². The zero-order valence-electron chi connectivity index (χ0n) is 5.84. The molecule has 0 spiro atoms. The molecule has 0 unspecified atom stereocenters. The third-order valence-corrected chi connectivity index (χ3v) is 0.333. The van der Waals surface area contributed by atoms with Crippen LogP contribution in [-0.4, -0.2) is 26.2 Å². The molecule has 0 saturated heterocycles. The summed E-state index contributed by atoms with van der Waals surface area (Å²) >= 11 is 0. The van der Waals surface area contributed by atoms with Crippen LogP contribution >= 0.6 is 0 Å². The molecule has 5 heteroatoms. The van der Waals surface area contributed by atoms with Gasteiger partial charge in [0, 0.05) is 26.2 Å². The number of rotatable bonds is 2. The van der Waals surface area contributed by atoms with E-state index in [4.69, 9.17) is 22.9 Å². The van der Waals surface area contributed by atoms with Crippen molar-refractivity contribution in [3.05, 3.63) is 0 Å². The molecule has 0 rings (SSSR count). The summed E-state index contributed by atoms with van der Waals surface area (Å²) in [6.07, 6.45) is 0. The van der Waals surface area contributed by atoms with Crippen LogP contribution < -0.4 is 22.9 Å². The molecule has 0 atom stereocenters. The monoisotopic (exact) mass is 184 g/mol. The molecule has 0 aromatic carbocycles. The summed E-state index contributed by atoms with van der Waals surface area (Å²) in [5.74, 6) is 0. The van der Waals surface area contributed by atoms with Crippen LogP contribution in [0.25, 0.3) is 0 Å². The van der Waals surface area contributed by atoms with E-state index in [9.17, 15) is 0 Å². The Morgan fingerprint density at radius 2 is 0.667 bits per heavy atom. The molecular weight excluding hydrogens is 169 g/mol. The molecule has 0 amide bonds. The topological polar surface area (TPSA) is 104 Å². The van der Waals surface area contributed by atoms with E-state index in [1.54, 1.807) is 0 Å². The summed E-state index contributed by atoms with van der Waals surface area (Å²) in [7, 11) is 0. The fraction of sp³-hybridized carbons (Fsp3) is 1.00. The largest absolute Gasteiger partial charge is 2.00 e. The van der Waals surface area contributed by atoms with E-state index in [0.29, 0.717) is 26.2 Å². The Bertz CT molecular complexity index is 20.5. The molecule has 0 bridgehead atoms. The average Bonchev–Trinajstić information content (AvgIpc) is 1.88. The molecule has 0 fully saturated rings. The molecule has 9 heavy (non-hydrogen) atoms. The average molecular weight is 186 g/mol. The van der Waals surface area contributed by atoms with Crippen molar-refractivity contribution in [2.24, 2.45) is 22.9 Å². The van der Waals surface area contributed by atoms with Gasteiger partial charge in [0.1, 0.15) is 0 Å². The van der Waals surface area contributed by atoms with E-state index in [0.717, 1.165) is 0 Å². The maximum Gasteiger partial charge on any atom is 2.00 e. The van der Waals surface area contributed by atoms with Crippen molar-refractivity contribution in [1.29, 1.82) is 0 Å². The smallest absolute Gasteiger partial charge is 0.329 e. The fourth-order valence-corrected chi connectivity index (χ4v) is 0. The maximum absolute atomic E-state index is 4.90. The standard InChI is InChI=1S/2C2H8N2.Zn/c2*3-1-2-4;/h2*1-4H2;/q;;+2. The molecule has 0 aliphatic heterocycles. The zero-order valence-corrected chi connectivity index (χ0v) is 8.81. The third kappa shape index (κ3) is 58.3. The second kappa shape index (κ2) is 23.7. The van der Waals surface area contributed by atoms with Gasteiger partial charge in [0.25, 0.3) is 0 Å². The van der Waals surface area contributed by atoms with E-state index < -0.39 is 0 Å². The predicted octanol–water partition coefficient (Wildman–Crippen LogP) is -2.19. The second-order valence-electron chi connectivity index (χ2n) is 1.15. The minimum absolute atomic E-state index is 0. The van der Waals surface area contributed by atoms with Crippen molar-refractivity contribution in [2.75, 3.05) is 26.2 Å². The van der Waals surface area contributed by atoms with Gasteiger partial charge in [-0.1, -0.05) is 0 Å². The predicted molar refractivity (Wildman–Crippen MR) is 36.2 cm³/mol. The molecule has 52 valence electrons. The summed E-state index contributed by atoms with van der Waals surface area (Å²) < 4.78 is 0. The van der Waals surface area contributed by atoms with Crippen molar-refractivity contribution in [3.63, 3.8) is 0 Å². The quantitative estimate of drug-likeness (QED) is 0.367. The number of hydrogen-bond acceptors (Lipinski definition) is 4. The van der Waals surface area contributed by atoms with Crippen LogP contribution in [-0.2, 0) is 19.5 Å². The SMILES string of the molecule is NCCN.NCCN.[Zn+2]. The van der Waals surface area contributed by atoms with Crippen LogP contribution in [0.3, 0.4) is 0 Å². The van der Waals surface area contributed by atoms with Crippen LogP contribution in [0.5, 0.6) is 0 Å². The van der Waals surface area contributed by atoms with Crippen molar-refractivity contribution < 1.29 is 19.5 Å². The zero-order chi connectivity index (χ0) is 6.83.